The van der Waals surface area contributed by atoms with Gasteiger partial charge in [-0.1, -0.05) is 34.8 Å². The smallest absolute Gasteiger partial charge is 0.274 e. The van der Waals surface area contributed by atoms with E-state index in [0.29, 0.717) is 26.4 Å². The fourth-order valence-corrected chi connectivity index (χ4v) is 2.73. The second-order valence-corrected chi connectivity index (χ2v) is 6.10. The Morgan fingerprint density at radius 1 is 0.958 bits per heavy atom. The zero-order chi connectivity index (χ0) is 17.1. The number of hydrogen-bond donors (Lipinski definition) is 1. The van der Waals surface area contributed by atoms with E-state index in [9.17, 15) is 4.79 Å². The van der Waals surface area contributed by atoms with E-state index < -0.39 is 0 Å². The number of carbonyl (C=O) groups is 1. The van der Waals surface area contributed by atoms with Crippen molar-refractivity contribution in [2.75, 3.05) is 5.32 Å². The molecule has 7 heteroatoms. The summed E-state index contributed by atoms with van der Waals surface area (Å²) in [4.78, 5) is 20.6. The predicted octanol–water partition coefficient (Wildman–Crippen LogP) is 5.36. The molecule has 3 rings (SSSR count). The van der Waals surface area contributed by atoms with Gasteiger partial charge >= 0.3 is 0 Å². The second kappa shape index (κ2) is 7.18. The average Bonchev–Trinajstić information content (AvgIpc) is 2.58. The lowest BCUT2D eigenvalue weighted by Gasteiger charge is -2.08. The van der Waals surface area contributed by atoms with Gasteiger partial charge in [0.25, 0.3) is 5.91 Å². The number of halogens is 3. The number of rotatable bonds is 3. The molecule has 24 heavy (non-hydrogen) atoms. The average molecular weight is 379 g/mol. The lowest BCUT2D eigenvalue weighted by atomic mass is 10.1. The fraction of sp³-hybridized carbons (Fsp3) is 0. The van der Waals surface area contributed by atoms with Crippen molar-refractivity contribution >= 4 is 46.4 Å². The van der Waals surface area contributed by atoms with Crippen LogP contribution in [0, 0.1) is 0 Å². The Hall–Kier alpha value is -2.14. The van der Waals surface area contributed by atoms with Crippen LogP contribution in [-0.2, 0) is 0 Å². The predicted molar refractivity (Wildman–Crippen MR) is 96.9 cm³/mol. The molecule has 1 N–H and O–H groups in total. The van der Waals surface area contributed by atoms with Gasteiger partial charge < -0.3 is 5.32 Å². The molecule has 0 aliphatic rings. The summed E-state index contributed by atoms with van der Waals surface area (Å²) in [5, 5.41) is 4.06. The zero-order valence-electron chi connectivity index (χ0n) is 12.1. The lowest BCUT2D eigenvalue weighted by molar-refractivity contribution is 0.102. The number of amides is 1. The standard InChI is InChI=1S/C17H10Cl3N3O/c18-11-4-6-14(13(20)8-11)23-17(24)15-5-3-10(9-22-15)16-12(19)2-1-7-21-16/h1-9H,(H,23,24). The molecule has 0 aliphatic carbocycles. The van der Waals surface area contributed by atoms with Gasteiger partial charge in [0.2, 0.25) is 0 Å². The van der Waals surface area contributed by atoms with Crippen molar-refractivity contribution in [2.24, 2.45) is 0 Å². The van der Waals surface area contributed by atoms with Gasteiger partial charge in [-0.25, -0.2) is 0 Å². The molecule has 0 saturated heterocycles. The number of carbonyl (C=O) groups excluding carboxylic acids is 1. The SMILES string of the molecule is O=C(Nc1ccc(Cl)cc1Cl)c1ccc(-c2ncccc2Cl)cn1. The van der Waals surface area contributed by atoms with Crippen LogP contribution in [0.25, 0.3) is 11.3 Å². The van der Waals surface area contributed by atoms with Gasteiger partial charge in [0, 0.05) is 23.0 Å². The quantitative estimate of drug-likeness (QED) is 0.668. The van der Waals surface area contributed by atoms with Gasteiger partial charge in [0.1, 0.15) is 5.69 Å². The van der Waals surface area contributed by atoms with Crippen molar-refractivity contribution in [2.45, 2.75) is 0 Å². The Bertz CT molecular complexity index is 898. The van der Waals surface area contributed by atoms with Crippen molar-refractivity contribution in [1.82, 2.24) is 9.97 Å². The van der Waals surface area contributed by atoms with Crippen LogP contribution in [0.4, 0.5) is 5.69 Å². The van der Waals surface area contributed by atoms with Crippen LogP contribution < -0.4 is 5.32 Å². The Morgan fingerprint density at radius 3 is 2.46 bits per heavy atom. The Kier molecular flexibility index (Phi) is 5.00. The van der Waals surface area contributed by atoms with Crippen LogP contribution >= 0.6 is 34.8 Å². The molecule has 1 aromatic carbocycles. The Balaban J connectivity index is 1.80. The first kappa shape index (κ1) is 16.7. The summed E-state index contributed by atoms with van der Waals surface area (Å²) >= 11 is 18.0. The summed E-state index contributed by atoms with van der Waals surface area (Å²) in [5.41, 5.74) is 2.04. The Morgan fingerprint density at radius 2 is 1.79 bits per heavy atom. The molecule has 0 spiro atoms. The summed E-state index contributed by atoms with van der Waals surface area (Å²) < 4.78 is 0. The summed E-state index contributed by atoms with van der Waals surface area (Å²) in [7, 11) is 0. The van der Waals surface area contributed by atoms with Crippen molar-refractivity contribution in [1.29, 1.82) is 0 Å². The van der Waals surface area contributed by atoms with Crippen LogP contribution in [0.1, 0.15) is 10.5 Å². The highest BCUT2D eigenvalue weighted by Crippen LogP contribution is 2.26. The largest absolute Gasteiger partial charge is 0.319 e. The van der Waals surface area contributed by atoms with E-state index in [1.807, 2.05) is 0 Å². The number of nitrogens with one attached hydrogen (secondary N) is 1. The first-order valence-corrected chi connectivity index (χ1v) is 8.01. The number of hydrogen-bond acceptors (Lipinski definition) is 3. The molecule has 2 heterocycles. The maximum atomic E-state index is 12.3. The summed E-state index contributed by atoms with van der Waals surface area (Å²) in [6.07, 6.45) is 3.19. The minimum Gasteiger partial charge on any atom is -0.319 e. The number of pyridine rings is 2. The minimum atomic E-state index is -0.377. The van der Waals surface area contributed by atoms with Gasteiger partial charge in [0.05, 0.1) is 21.4 Å². The van der Waals surface area contributed by atoms with E-state index in [4.69, 9.17) is 34.8 Å². The highest BCUT2D eigenvalue weighted by Gasteiger charge is 2.11. The molecule has 0 saturated carbocycles. The van der Waals surface area contributed by atoms with Crippen molar-refractivity contribution in [3.8, 4) is 11.3 Å². The van der Waals surface area contributed by atoms with Gasteiger partial charge in [-0.05, 0) is 42.5 Å². The highest BCUT2D eigenvalue weighted by atomic mass is 35.5. The van der Waals surface area contributed by atoms with Gasteiger partial charge in [-0.2, -0.15) is 0 Å². The van der Waals surface area contributed by atoms with E-state index >= 15 is 0 Å². The summed E-state index contributed by atoms with van der Waals surface area (Å²) in [5.74, 6) is -0.377. The van der Waals surface area contributed by atoms with E-state index in [1.54, 1.807) is 54.9 Å². The molecule has 0 atom stereocenters. The molecule has 3 aromatic rings. The van der Waals surface area contributed by atoms with Gasteiger partial charge in [-0.15, -0.1) is 0 Å². The minimum absolute atomic E-state index is 0.247. The van der Waals surface area contributed by atoms with E-state index in [2.05, 4.69) is 15.3 Å². The molecule has 120 valence electrons. The van der Waals surface area contributed by atoms with Crippen molar-refractivity contribution < 1.29 is 4.79 Å². The van der Waals surface area contributed by atoms with Crippen molar-refractivity contribution in [3.05, 3.63) is 75.6 Å². The number of aromatic nitrogens is 2. The van der Waals surface area contributed by atoms with E-state index in [0.717, 1.165) is 5.56 Å². The highest BCUT2D eigenvalue weighted by molar-refractivity contribution is 6.36. The number of anilines is 1. The maximum absolute atomic E-state index is 12.3. The van der Waals surface area contributed by atoms with E-state index in [-0.39, 0.29) is 11.6 Å². The molecule has 0 fully saturated rings. The third-order valence-electron chi connectivity index (χ3n) is 3.21. The van der Waals surface area contributed by atoms with Crippen LogP contribution in [0.3, 0.4) is 0 Å². The second-order valence-electron chi connectivity index (χ2n) is 4.84. The van der Waals surface area contributed by atoms with Crippen LogP contribution in [0.2, 0.25) is 15.1 Å². The summed E-state index contributed by atoms with van der Waals surface area (Å²) in [6, 6.07) is 11.6. The number of nitrogens with zero attached hydrogens (tertiary/aromatic N) is 2. The first-order valence-electron chi connectivity index (χ1n) is 6.88. The molecule has 1 amide bonds. The molecule has 4 nitrogen and oxygen atoms in total. The van der Waals surface area contributed by atoms with Crippen LogP contribution in [0.5, 0.6) is 0 Å². The van der Waals surface area contributed by atoms with Gasteiger partial charge in [0.15, 0.2) is 0 Å². The lowest BCUT2D eigenvalue weighted by Crippen LogP contribution is -2.13. The molecule has 0 radical (unpaired) electrons. The molecular formula is C17H10Cl3N3O. The molecule has 0 unspecified atom stereocenters. The molecule has 0 bridgehead atoms. The number of benzene rings is 1. The first-order chi connectivity index (χ1) is 11.5. The monoisotopic (exact) mass is 377 g/mol. The van der Waals surface area contributed by atoms with E-state index in [1.165, 1.54) is 0 Å². The van der Waals surface area contributed by atoms with Crippen LogP contribution in [0.15, 0.2) is 54.9 Å². The normalized spacial score (nSPS) is 10.5. The third-order valence-corrected chi connectivity index (χ3v) is 4.06. The Labute approximate surface area is 153 Å². The fourth-order valence-electron chi connectivity index (χ4n) is 2.04. The van der Waals surface area contributed by atoms with Gasteiger partial charge in [-0.3, -0.25) is 14.8 Å². The topological polar surface area (TPSA) is 54.9 Å². The molecule has 2 aromatic heterocycles. The third kappa shape index (κ3) is 3.67. The van der Waals surface area contributed by atoms with Crippen molar-refractivity contribution in [3.63, 3.8) is 0 Å². The summed E-state index contributed by atoms with van der Waals surface area (Å²) in [6.45, 7) is 0. The zero-order valence-corrected chi connectivity index (χ0v) is 14.4. The molecule has 0 aliphatic heterocycles. The van der Waals surface area contributed by atoms with Crippen LogP contribution in [-0.4, -0.2) is 15.9 Å². The maximum Gasteiger partial charge on any atom is 0.274 e. The molecular weight excluding hydrogens is 369 g/mol.